The first-order chi connectivity index (χ1) is 14.1. The molecule has 29 heavy (non-hydrogen) atoms. The van der Waals surface area contributed by atoms with Gasteiger partial charge in [-0.05, 0) is 62.1 Å². The van der Waals surface area contributed by atoms with Crippen molar-refractivity contribution >= 4 is 17.5 Å². The third-order valence-electron chi connectivity index (χ3n) is 5.43. The number of hydrogen-bond acceptors (Lipinski definition) is 5. The molecule has 0 spiro atoms. The third kappa shape index (κ3) is 4.42. The Hall–Kier alpha value is -3.28. The van der Waals surface area contributed by atoms with Crippen molar-refractivity contribution in [1.82, 2.24) is 15.2 Å². The van der Waals surface area contributed by atoms with Crippen LogP contribution in [0.25, 0.3) is 11.3 Å². The van der Waals surface area contributed by atoms with Crippen LogP contribution in [0.2, 0.25) is 0 Å². The van der Waals surface area contributed by atoms with Gasteiger partial charge in [-0.3, -0.25) is 4.79 Å². The number of nitrogens with one attached hydrogen (secondary N) is 1. The number of carbonyl (C=O) groups is 1. The number of amides is 1. The molecule has 0 unspecified atom stereocenters. The predicted molar refractivity (Wildman–Crippen MR) is 115 cm³/mol. The normalized spacial score (nSPS) is 14.6. The minimum Gasteiger partial charge on any atom is -0.355 e. The Kier molecular flexibility index (Phi) is 5.51. The largest absolute Gasteiger partial charge is 0.355 e. The number of aryl methyl sites for hydroxylation is 2. The monoisotopic (exact) mass is 387 g/mol. The molecule has 6 nitrogen and oxygen atoms in total. The number of pyridine rings is 1. The van der Waals surface area contributed by atoms with E-state index in [0.717, 1.165) is 48.6 Å². The molecular formula is C23H25N5O. The van der Waals surface area contributed by atoms with Crippen LogP contribution in [0.3, 0.4) is 0 Å². The first-order valence-electron chi connectivity index (χ1n) is 9.98. The van der Waals surface area contributed by atoms with Gasteiger partial charge in [0, 0.05) is 30.8 Å². The van der Waals surface area contributed by atoms with Gasteiger partial charge in [0.25, 0.3) is 0 Å². The summed E-state index contributed by atoms with van der Waals surface area (Å²) in [6.07, 6.45) is 3.30. The van der Waals surface area contributed by atoms with Gasteiger partial charge in [-0.2, -0.15) is 0 Å². The van der Waals surface area contributed by atoms with Gasteiger partial charge >= 0.3 is 0 Å². The smallest absolute Gasteiger partial charge is 0.228 e. The maximum Gasteiger partial charge on any atom is 0.228 e. The van der Waals surface area contributed by atoms with Gasteiger partial charge in [0.2, 0.25) is 5.91 Å². The van der Waals surface area contributed by atoms with Gasteiger partial charge in [0.15, 0.2) is 5.82 Å². The van der Waals surface area contributed by atoms with Crippen molar-refractivity contribution in [2.75, 3.05) is 23.3 Å². The van der Waals surface area contributed by atoms with Crippen molar-refractivity contribution in [3.8, 4) is 11.3 Å². The van der Waals surface area contributed by atoms with Gasteiger partial charge in [-0.15, -0.1) is 10.2 Å². The molecule has 148 valence electrons. The number of piperidine rings is 1. The van der Waals surface area contributed by atoms with Gasteiger partial charge in [-0.1, -0.05) is 24.3 Å². The van der Waals surface area contributed by atoms with Crippen LogP contribution in [-0.4, -0.2) is 34.2 Å². The molecule has 1 aromatic carbocycles. The van der Waals surface area contributed by atoms with Crippen LogP contribution in [-0.2, 0) is 4.79 Å². The summed E-state index contributed by atoms with van der Waals surface area (Å²) in [5.41, 5.74) is 4.25. The highest BCUT2D eigenvalue weighted by Crippen LogP contribution is 2.25. The van der Waals surface area contributed by atoms with Crippen molar-refractivity contribution in [3.63, 3.8) is 0 Å². The second kappa shape index (κ2) is 8.39. The fraction of sp³-hybridized carbons (Fsp3) is 0.304. The second-order valence-electron chi connectivity index (χ2n) is 7.56. The van der Waals surface area contributed by atoms with Crippen LogP contribution in [0.4, 0.5) is 11.6 Å². The molecule has 0 bridgehead atoms. The Bertz CT molecular complexity index is 994. The molecule has 3 heterocycles. The van der Waals surface area contributed by atoms with E-state index in [9.17, 15) is 4.79 Å². The Morgan fingerprint density at radius 2 is 1.83 bits per heavy atom. The van der Waals surface area contributed by atoms with E-state index in [4.69, 9.17) is 0 Å². The van der Waals surface area contributed by atoms with Crippen LogP contribution < -0.4 is 10.2 Å². The highest BCUT2D eigenvalue weighted by atomic mass is 16.1. The first kappa shape index (κ1) is 19.1. The lowest BCUT2D eigenvalue weighted by Gasteiger charge is -2.31. The van der Waals surface area contributed by atoms with E-state index in [0.29, 0.717) is 5.82 Å². The quantitative estimate of drug-likeness (QED) is 0.732. The molecule has 0 atom stereocenters. The lowest BCUT2D eigenvalue weighted by Crippen LogP contribution is -2.38. The lowest BCUT2D eigenvalue weighted by atomic mass is 9.96. The Balaban J connectivity index is 1.36. The molecule has 1 aliphatic heterocycles. The summed E-state index contributed by atoms with van der Waals surface area (Å²) in [6.45, 7) is 5.64. The van der Waals surface area contributed by atoms with Gasteiger partial charge < -0.3 is 10.2 Å². The fourth-order valence-electron chi connectivity index (χ4n) is 3.70. The van der Waals surface area contributed by atoms with Crippen LogP contribution in [0.5, 0.6) is 0 Å². The molecule has 4 rings (SSSR count). The molecule has 1 fully saturated rings. The van der Waals surface area contributed by atoms with Crippen molar-refractivity contribution in [3.05, 3.63) is 65.9 Å². The Morgan fingerprint density at radius 1 is 1.03 bits per heavy atom. The summed E-state index contributed by atoms with van der Waals surface area (Å²) >= 11 is 0. The van der Waals surface area contributed by atoms with Gasteiger partial charge in [-0.25, -0.2) is 4.98 Å². The Morgan fingerprint density at radius 3 is 2.52 bits per heavy atom. The van der Waals surface area contributed by atoms with Crippen molar-refractivity contribution in [1.29, 1.82) is 0 Å². The maximum absolute atomic E-state index is 12.6. The Labute approximate surface area is 171 Å². The fourth-order valence-corrected chi connectivity index (χ4v) is 3.70. The number of rotatable bonds is 4. The number of benzene rings is 1. The molecule has 6 heteroatoms. The van der Waals surface area contributed by atoms with E-state index < -0.39 is 0 Å². The van der Waals surface area contributed by atoms with Crippen LogP contribution in [0.15, 0.2) is 54.7 Å². The SMILES string of the molecule is Cc1ccnc(NC(=O)C2CCN(c3ccc(-c4ccccc4C)nn3)CC2)c1. The van der Waals surface area contributed by atoms with E-state index in [1.165, 1.54) is 5.56 Å². The number of nitrogens with zero attached hydrogens (tertiary/aromatic N) is 4. The molecule has 1 saturated heterocycles. The lowest BCUT2D eigenvalue weighted by molar-refractivity contribution is -0.120. The summed E-state index contributed by atoms with van der Waals surface area (Å²) in [5.74, 6) is 1.52. The van der Waals surface area contributed by atoms with E-state index in [1.54, 1.807) is 6.20 Å². The maximum atomic E-state index is 12.6. The molecular weight excluding hydrogens is 362 g/mol. The van der Waals surface area contributed by atoms with E-state index in [2.05, 4.69) is 44.5 Å². The van der Waals surface area contributed by atoms with Crippen molar-refractivity contribution < 1.29 is 4.79 Å². The summed E-state index contributed by atoms with van der Waals surface area (Å²) in [6, 6.07) is 16.0. The number of hydrogen-bond donors (Lipinski definition) is 1. The zero-order valence-corrected chi connectivity index (χ0v) is 16.8. The zero-order valence-electron chi connectivity index (χ0n) is 16.8. The molecule has 1 aliphatic rings. The number of aromatic nitrogens is 3. The highest BCUT2D eigenvalue weighted by Gasteiger charge is 2.26. The summed E-state index contributed by atoms with van der Waals surface area (Å²) < 4.78 is 0. The van der Waals surface area contributed by atoms with E-state index in [-0.39, 0.29) is 11.8 Å². The van der Waals surface area contributed by atoms with Gasteiger partial charge in [0.05, 0.1) is 5.69 Å². The van der Waals surface area contributed by atoms with Crippen LogP contribution in [0.1, 0.15) is 24.0 Å². The molecule has 1 amide bonds. The van der Waals surface area contributed by atoms with Crippen LogP contribution in [0, 0.1) is 19.8 Å². The summed E-state index contributed by atoms with van der Waals surface area (Å²) in [5, 5.41) is 11.8. The van der Waals surface area contributed by atoms with Crippen molar-refractivity contribution in [2.24, 2.45) is 5.92 Å². The second-order valence-corrected chi connectivity index (χ2v) is 7.56. The predicted octanol–water partition coefficient (Wildman–Crippen LogP) is 4.01. The van der Waals surface area contributed by atoms with Crippen LogP contribution >= 0.6 is 0 Å². The summed E-state index contributed by atoms with van der Waals surface area (Å²) in [4.78, 5) is 19.0. The average Bonchev–Trinajstić information content (AvgIpc) is 2.74. The minimum absolute atomic E-state index is 0.00670. The van der Waals surface area contributed by atoms with Crippen molar-refractivity contribution in [2.45, 2.75) is 26.7 Å². The zero-order chi connectivity index (χ0) is 20.2. The summed E-state index contributed by atoms with van der Waals surface area (Å²) in [7, 11) is 0. The molecule has 2 aromatic heterocycles. The first-order valence-corrected chi connectivity index (χ1v) is 9.98. The van der Waals surface area contributed by atoms with E-state index >= 15 is 0 Å². The van der Waals surface area contributed by atoms with Gasteiger partial charge in [0.1, 0.15) is 5.82 Å². The number of carbonyl (C=O) groups excluding carboxylic acids is 1. The molecule has 3 aromatic rings. The highest BCUT2D eigenvalue weighted by molar-refractivity contribution is 5.91. The molecule has 0 aliphatic carbocycles. The van der Waals surface area contributed by atoms with E-state index in [1.807, 2.05) is 43.3 Å². The topological polar surface area (TPSA) is 71.0 Å². The minimum atomic E-state index is -0.00670. The molecule has 0 radical (unpaired) electrons. The average molecular weight is 387 g/mol. The molecule has 1 N–H and O–H groups in total. The molecule has 0 saturated carbocycles. The standard InChI is InChI=1S/C23H25N5O/c1-16-9-12-24-21(15-16)25-23(29)18-10-13-28(14-11-18)22-8-7-20(26-27-22)19-6-4-3-5-17(19)2/h3-9,12,15,18H,10-11,13-14H2,1-2H3,(H,24,25,29). The number of anilines is 2. The third-order valence-corrected chi connectivity index (χ3v) is 5.43.